The quantitative estimate of drug-likeness (QED) is 0.246. The molecule has 5 N–H and O–H groups in total. The predicted molar refractivity (Wildman–Crippen MR) is 75.4 cm³/mol. The van der Waals surface area contributed by atoms with Crippen molar-refractivity contribution < 1.29 is 34.8 Å². The largest absolute Gasteiger partial charge is 0.476 e. The molecule has 0 aliphatic carbocycles. The first-order valence-corrected chi connectivity index (χ1v) is 6.39. The molecule has 130 valence electrons. The third kappa shape index (κ3) is 4.59. The number of methoxy groups -OCH3 is 2. The van der Waals surface area contributed by atoms with Gasteiger partial charge in [-0.1, -0.05) is 0 Å². The molecule has 12 nitrogen and oxygen atoms in total. The highest BCUT2D eigenvalue weighted by Crippen LogP contribution is 2.33. The summed E-state index contributed by atoms with van der Waals surface area (Å²) in [6, 6.07) is -0.208. The Morgan fingerprint density at radius 3 is 2.35 bits per heavy atom. The van der Waals surface area contributed by atoms with Crippen molar-refractivity contribution in [1.82, 2.24) is 9.97 Å². The summed E-state index contributed by atoms with van der Waals surface area (Å²) in [7, 11) is 2.43. The van der Waals surface area contributed by atoms with E-state index in [1.165, 1.54) is 14.2 Å². The molecule has 0 unspecified atom stereocenters. The van der Waals surface area contributed by atoms with E-state index < -0.39 is 42.1 Å². The zero-order valence-corrected chi connectivity index (χ0v) is 12.4. The van der Waals surface area contributed by atoms with Crippen LogP contribution < -0.4 is 14.8 Å². The standard InChI is InChI=1S/C11H18N4O8/c1-22-10-7(15(20)21)9(13-11(14-10)23-2)12-3-5(17)8(19)6(18)4-16/h5-6,8,16-19H,3-4H2,1-2H3,(H,12,13,14)/t5-,6+,8-/m0/s1. The van der Waals surface area contributed by atoms with Gasteiger partial charge in [-0.3, -0.25) is 10.1 Å². The first-order valence-electron chi connectivity index (χ1n) is 6.39. The van der Waals surface area contributed by atoms with Gasteiger partial charge in [-0.15, -0.1) is 0 Å². The van der Waals surface area contributed by atoms with E-state index in [4.69, 9.17) is 14.6 Å². The monoisotopic (exact) mass is 334 g/mol. The van der Waals surface area contributed by atoms with Gasteiger partial charge in [0, 0.05) is 6.54 Å². The van der Waals surface area contributed by atoms with Crippen LogP contribution in [0.5, 0.6) is 11.9 Å². The summed E-state index contributed by atoms with van der Waals surface area (Å²) in [6.45, 7) is -1.16. The summed E-state index contributed by atoms with van der Waals surface area (Å²) < 4.78 is 9.59. The normalized spacial score (nSPS) is 14.7. The number of nitro groups is 1. The summed E-state index contributed by atoms with van der Waals surface area (Å²) >= 11 is 0. The highest BCUT2D eigenvalue weighted by atomic mass is 16.6. The Hall–Kier alpha value is -2.28. The number of hydrogen-bond donors (Lipinski definition) is 5. The molecule has 3 atom stereocenters. The van der Waals surface area contributed by atoms with E-state index in [0.717, 1.165) is 0 Å². The van der Waals surface area contributed by atoms with E-state index in [2.05, 4.69) is 15.3 Å². The lowest BCUT2D eigenvalue weighted by Gasteiger charge is -2.21. The number of hydrogen-bond acceptors (Lipinski definition) is 11. The summed E-state index contributed by atoms with van der Waals surface area (Å²) in [5.74, 6) is -0.654. The SMILES string of the molecule is COc1nc(NC[C@H](O)[C@H](O)[C@H](O)CO)c([N+](=O)[O-])c(OC)n1. The fourth-order valence-corrected chi connectivity index (χ4v) is 1.62. The van der Waals surface area contributed by atoms with Crippen LogP contribution >= 0.6 is 0 Å². The zero-order chi connectivity index (χ0) is 17.6. The minimum absolute atomic E-state index is 0.208. The average Bonchev–Trinajstić information content (AvgIpc) is 2.56. The van der Waals surface area contributed by atoms with Gasteiger partial charge in [0.05, 0.1) is 31.9 Å². The molecule has 0 radical (unpaired) electrons. The average molecular weight is 334 g/mol. The fourth-order valence-electron chi connectivity index (χ4n) is 1.62. The number of nitrogens with one attached hydrogen (secondary N) is 1. The van der Waals surface area contributed by atoms with Gasteiger partial charge < -0.3 is 35.2 Å². The van der Waals surface area contributed by atoms with Crippen molar-refractivity contribution in [2.24, 2.45) is 0 Å². The molecule has 1 heterocycles. The Kier molecular flexibility index (Phi) is 6.84. The van der Waals surface area contributed by atoms with Gasteiger partial charge in [0.1, 0.15) is 12.2 Å². The molecule has 1 aromatic rings. The van der Waals surface area contributed by atoms with E-state index in [1.54, 1.807) is 0 Å². The van der Waals surface area contributed by atoms with Crippen molar-refractivity contribution in [3.05, 3.63) is 10.1 Å². The van der Waals surface area contributed by atoms with Crippen LogP contribution in [0.15, 0.2) is 0 Å². The third-order valence-electron chi connectivity index (χ3n) is 2.84. The molecule has 0 aliphatic rings. The van der Waals surface area contributed by atoms with Crippen molar-refractivity contribution in [1.29, 1.82) is 0 Å². The summed E-state index contributed by atoms with van der Waals surface area (Å²) in [5, 5.41) is 50.7. The molecule has 0 bridgehead atoms. The van der Waals surface area contributed by atoms with Crippen molar-refractivity contribution in [2.75, 3.05) is 32.7 Å². The minimum atomic E-state index is -1.66. The van der Waals surface area contributed by atoms with E-state index in [-0.39, 0.29) is 17.7 Å². The van der Waals surface area contributed by atoms with Crippen LogP contribution in [0.3, 0.4) is 0 Å². The van der Waals surface area contributed by atoms with Gasteiger partial charge >= 0.3 is 17.6 Å². The summed E-state index contributed by atoms with van der Waals surface area (Å²) in [5.41, 5.74) is -0.585. The predicted octanol–water partition coefficient (Wildman–Crippen LogP) is -2.11. The molecule has 0 fully saturated rings. The van der Waals surface area contributed by atoms with Gasteiger partial charge in [0.25, 0.3) is 0 Å². The molecule has 0 amide bonds. The van der Waals surface area contributed by atoms with Crippen molar-refractivity contribution in [3.63, 3.8) is 0 Å². The number of aliphatic hydroxyl groups is 4. The number of ether oxygens (including phenoxy) is 2. The van der Waals surface area contributed by atoms with E-state index >= 15 is 0 Å². The van der Waals surface area contributed by atoms with Crippen LogP contribution in [-0.4, -0.2) is 81.0 Å². The van der Waals surface area contributed by atoms with Gasteiger partial charge in [-0.2, -0.15) is 9.97 Å². The maximum Gasteiger partial charge on any atom is 0.372 e. The lowest BCUT2D eigenvalue weighted by atomic mass is 10.1. The molecule has 0 saturated carbocycles. The maximum absolute atomic E-state index is 11.1. The Morgan fingerprint density at radius 1 is 1.22 bits per heavy atom. The van der Waals surface area contributed by atoms with Gasteiger partial charge in [-0.05, 0) is 0 Å². The molecule has 0 spiro atoms. The lowest BCUT2D eigenvalue weighted by molar-refractivity contribution is -0.385. The third-order valence-corrected chi connectivity index (χ3v) is 2.84. The molecule has 0 aromatic carbocycles. The second kappa shape index (κ2) is 8.38. The Morgan fingerprint density at radius 2 is 1.87 bits per heavy atom. The van der Waals surface area contributed by atoms with Crippen molar-refractivity contribution in [3.8, 4) is 11.9 Å². The molecular formula is C11H18N4O8. The second-order valence-electron chi connectivity index (χ2n) is 4.36. The topological polar surface area (TPSA) is 180 Å². The molecule has 23 heavy (non-hydrogen) atoms. The van der Waals surface area contributed by atoms with Crippen LogP contribution in [-0.2, 0) is 0 Å². The van der Waals surface area contributed by atoms with E-state index in [9.17, 15) is 25.4 Å². The first-order chi connectivity index (χ1) is 10.8. The van der Waals surface area contributed by atoms with Crippen LogP contribution in [0, 0.1) is 10.1 Å². The number of rotatable bonds is 9. The number of anilines is 1. The van der Waals surface area contributed by atoms with Gasteiger partial charge in [0.2, 0.25) is 5.82 Å². The molecule has 1 rings (SSSR count). The molecule has 0 saturated heterocycles. The Bertz CT molecular complexity index is 543. The van der Waals surface area contributed by atoms with Crippen molar-refractivity contribution >= 4 is 11.5 Å². The summed E-state index contributed by atoms with van der Waals surface area (Å²) in [4.78, 5) is 17.7. The van der Waals surface area contributed by atoms with Crippen molar-refractivity contribution in [2.45, 2.75) is 18.3 Å². The second-order valence-corrected chi connectivity index (χ2v) is 4.36. The number of aromatic nitrogens is 2. The van der Waals surface area contributed by atoms with Crippen LogP contribution in [0.2, 0.25) is 0 Å². The van der Waals surface area contributed by atoms with Gasteiger partial charge in [0.15, 0.2) is 0 Å². The number of nitrogens with zero attached hydrogens (tertiary/aromatic N) is 3. The molecule has 12 heteroatoms. The highest BCUT2D eigenvalue weighted by Gasteiger charge is 2.29. The minimum Gasteiger partial charge on any atom is -0.476 e. The first kappa shape index (κ1) is 18.8. The zero-order valence-electron chi connectivity index (χ0n) is 12.4. The number of aliphatic hydroxyl groups excluding tert-OH is 4. The van der Waals surface area contributed by atoms with Crippen LogP contribution in [0.25, 0.3) is 0 Å². The maximum atomic E-state index is 11.1. The molecule has 1 aromatic heterocycles. The van der Waals surface area contributed by atoms with Gasteiger partial charge in [-0.25, -0.2) is 0 Å². The van der Waals surface area contributed by atoms with Crippen LogP contribution in [0.1, 0.15) is 0 Å². The smallest absolute Gasteiger partial charge is 0.372 e. The van der Waals surface area contributed by atoms with E-state index in [1.807, 2.05) is 0 Å². The highest BCUT2D eigenvalue weighted by molar-refractivity contribution is 5.62. The van der Waals surface area contributed by atoms with Crippen LogP contribution in [0.4, 0.5) is 11.5 Å². The fraction of sp³-hybridized carbons (Fsp3) is 0.636. The van der Waals surface area contributed by atoms with E-state index in [0.29, 0.717) is 0 Å². The Balaban J connectivity index is 3.00. The Labute approximate surface area is 130 Å². The lowest BCUT2D eigenvalue weighted by Crippen LogP contribution is -2.43. The summed E-state index contributed by atoms with van der Waals surface area (Å²) in [6.07, 6.45) is -4.74. The molecule has 0 aliphatic heterocycles. The molecular weight excluding hydrogens is 316 g/mol.